The first-order valence-corrected chi connectivity index (χ1v) is 7.81. The largest absolute Gasteiger partial charge is 0.213 e. The Hall–Kier alpha value is -1.10. The predicted molar refractivity (Wildman–Crippen MR) is 75.3 cm³/mol. The molecule has 1 N–H and O–H groups in total. The molecule has 0 atom stereocenters. The van der Waals surface area contributed by atoms with Crippen molar-refractivity contribution in [2.45, 2.75) is 6.54 Å². The molecule has 0 aliphatic carbocycles. The van der Waals surface area contributed by atoms with E-state index in [-0.39, 0.29) is 11.6 Å². The smallest absolute Gasteiger partial charge is 0.212 e. The molecule has 2 aromatic rings. The highest BCUT2D eigenvalue weighted by Gasteiger charge is 2.09. The fraction of sp³-hybridized carbons (Fsp3) is 0.231. The second-order valence-corrected chi connectivity index (χ2v) is 6.27. The lowest BCUT2D eigenvalue weighted by atomic mass is 10.1. The maximum absolute atomic E-state index is 11.5. The number of hydrogen-bond acceptors (Lipinski definition) is 2. The highest BCUT2D eigenvalue weighted by Crippen LogP contribution is 2.18. The average Bonchev–Trinajstić information content (AvgIpc) is 2.36. The van der Waals surface area contributed by atoms with E-state index in [0.717, 1.165) is 16.3 Å². The molecule has 0 aliphatic rings. The third-order valence-electron chi connectivity index (χ3n) is 2.71. The lowest BCUT2D eigenvalue weighted by Crippen LogP contribution is -2.26. The van der Waals surface area contributed by atoms with E-state index >= 15 is 0 Å². The summed E-state index contributed by atoms with van der Waals surface area (Å²) in [4.78, 5) is 0. The van der Waals surface area contributed by atoms with E-state index in [1.165, 1.54) is 0 Å². The molecule has 0 radical (unpaired) electrons. The summed E-state index contributed by atoms with van der Waals surface area (Å²) in [6.07, 6.45) is 0. The molecule has 2 aromatic carbocycles. The molecule has 0 amide bonds. The average molecular weight is 284 g/mol. The summed E-state index contributed by atoms with van der Waals surface area (Å²) in [7, 11) is -3.28. The molecule has 0 saturated heterocycles. The van der Waals surface area contributed by atoms with Crippen molar-refractivity contribution in [1.82, 2.24) is 4.72 Å². The third-order valence-corrected chi connectivity index (χ3v) is 4.45. The molecule has 0 aliphatic heterocycles. The first-order chi connectivity index (χ1) is 8.62. The first-order valence-electron chi connectivity index (χ1n) is 5.62. The number of sulfonamides is 1. The molecule has 0 bridgehead atoms. The summed E-state index contributed by atoms with van der Waals surface area (Å²) < 4.78 is 25.6. The molecule has 0 spiro atoms. The van der Waals surface area contributed by atoms with Crippen LogP contribution in [-0.2, 0) is 16.6 Å². The van der Waals surface area contributed by atoms with Crippen LogP contribution >= 0.6 is 11.6 Å². The summed E-state index contributed by atoms with van der Waals surface area (Å²) in [6.45, 7) is 0.292. The van der Waals surface area contributed by atoms with Crippen molar-refractivity contribution in [2.75, 3.05) is 11.6 Å². The Balaban J connectivity index is 2.22. The SMILES string of the molecule is O=S(=O)(CCCl)NCc1cccc2ccccc12. The minimum Gasteiger partial charge on any atom is -0.212 e. The van der Waals surface area contributed by atoms with E-state index in [2.05, 4.69) is 4.72 Å². The Morgan fingerprint density at radius 2 is 1.78 bits per heavy atom. The summed E-state index contributed by atoms with van der Waals surface area (Å²) in [5.74, 6) is 0.0458. The van der Waals surface area contributed by atoms with Crippen LogP contribution in [0.1, 0.15) is 5.56 Å². The van der Waals surface area contributed by atoms with Crippen molar-refractivity contribution in [3.05, 3.63) is 48.0 Å². The zero-order valence-corrected chi connectivity index (χ0v) is 11.3. The summed E-state index contributed by atoms with van der Waals surface area (Å²) in [5, 5.41) is 2.17. The van der Waals surface area contributed by atoms with Gasteiger partial charge in [-0.3, -0.25) is 0 Å². The number of alkyl halides is 1. The van der Waals surface area contributed by atoms with Gasteiger partial charge in [0.05, 0.1) is 5.75 Å². The van der Waals surface area contributed by atoms with Crippen LogP contribution in [0.4, 0.5) is 0 Å². The van der Waals surface area contributed by atoms with Crippen LogP contribution in [-0.4, -0.2) is 20.1 Å². The van der Waals surface area contributed by atoms with E-state index in [1.807, 2.05) is 42.5 Å². The number of halogens is 1. The molecule has 3 nitrogen and oxygen atoms in total. The van der Waals surface area contributed by atoms with Gasteiger partial charge in [-0.1, -0.05) is 42.5 Å². The zero-order chi connectivity index (χ0) is 13.0. The van der Waals surface area contributed by atoms with Crippen LogP contribution in [0, 0.1) is 0 Å². The number of nitrogens with one attached hydrogen (secondary N) is 1. The van der Waals surface area contributed by atoms with Gasteiger partial charge in [-0.15, -0.1) is 11.6 Å². The van der Waals surface area contributed by atoms with Gasteiger partial charge in [0.2, 0.25) is 10.0 Å². The quantitative estimate of drug-likeness (QED) is 0.857. The van der Waals surface area contributed by atoms with Crippen molar-refractivity contribution in [2.24, 2.45) is 0 Å². The highest BCUT2D eigenvalue weighted by molar-refractivity contribution is 7.89. The predicted octanol–water partition coefficient (Wildman–Crippen LogP) is 2.50. The second kappa shape index (κ2) is 5.69. The molecule has 0 fully saturated rings. The molecular weight excluding hydrogens is 270 g/mol. The van der Waals surface area contributed by atoms with Crippen molar-refractivity contribution < 1.29 is 8.42 Å². The van der Waals surface area contributed by atoms with Gasteiger partial charge in [-0.2, -0.15) is 0 Å². The molecule has 96 valence electrons. The van der Waals surface area contributed by atoms with E-state index in [4.69, 9.17) is 11.6 Å². The highest BCUT2D eigenvalue weighted by atomic mass is 35.5. The van der Waals surface area contributed by atoms with Gasteiger partial charge in [0.1, 0.15) is 0 Å². The standard InChI is InChI=1S/C13H14ClNO2S/c14-8-9-18(16,17)15-10-12-6-3-5-11-4-1-2-7-13(11)12/h1-7,15H,8-10H2. The molecule has 0 heterocycles. The van der Waals surface area contributed by atoms with E-state index < -0.39 is 10.0 Å². The Bertz CT molecular complexity index is 635. The first kappa shape index (κ1) is 13.3. The lowest BCUT2D eigenvalue weighted by Gasteiger charge is -2.08. The minimum atomic E-state index is -3.28. The topological polar surface area (TPSA) is 46.2 Å². The molecule has 0 saturated carbocycles. The van der Waals surface area contributed by atoms with Gasteiger partial charge in [0.25, 0.3) is 0 Å². The van der Waals surface area contributed by atoms with Crippen LogP contribution < -0.4 is 4.72 Å². The summed E-state index contributed by atoms with van der Waals surface area (Å²) in [5.41, 5.74) is 0.964. The Morgan fingerprint density at radius 1 is 1.06 bits per heavy atom. The molecule has 18 heavy (non-hydrogen) atoms. The van der Waals surface area contributed by atoms with Crippen LogP contribution in [0.15, 0.2) is 42.5 Å². The third kappa shape index (κ3) is 3.22. The summed E-state index contributed by atoms with van der Waals surface area (Å²) >= 11 is 5.44. The van der Waals surface area contributed by atoms with Gasteiger partial charge >= 0.3 is 0 Å². The molecule has 5 heteroatoms. The fourth-order valence-electron chi connectivity index (χ4n) is 1.81. The van der Waals surface area contributed by atoms with Gasteiger partial charge in [0, 0.05) is 12.4 Å². The van der Waals surface area contributed by atoms with Gasteiger partial charge < -0.3 is 0 Å². The van der Waals surface area contributed by atoms with Crippen LogP contribution in [0.25, 0.3) is 10.8 Å². The molecule has 2 rings (SSSR count). The molecule has 0 unspecified atom stereocenters. The van der Waals surface area contributed by atoms with Crippen molar-refractivity contribution >= 4 is 32.4 Å². The van der Waals surface area contributed by atoms with E-state index in [9.17, 15) is 8.42 Å². The lowest BCUT2D eigenvalue weighted by molar-refractivity contribution is 0.583. The van der Waals surface area contributed by atoms with Crippen LogP contribution in [0.3, 0.4) is 0 Å². The summed E-state index contributed by atoms with van der Waals surface area (Å²) in [6, 6.07) is 13.8. The zero-order valence-electron chi connectivity index (χ0n) is 9.77. The second-order valence-electron chi connectivity index (χ2n) is 3.97. The molecular formula is C13H14ClNO2S. The Morgan fingerprint density at radius 3 is 2.56 bits per heavy atom. The number of hydrogen-bond donors (Lipinski definition) is 1. The molecule has 0 aromatic heterocycles. The number of rotatable bonds is 5. The van der Waals surface area contributed by atoms with Crippen molar-refractivity contribution in [3.63, 3.8) is 0 Å². The van der Waals surface area contributed by atoms with Gasteiger partial charge in [-0.05, 0) is 16.3 Å². The maximum atomic E-state index is 11.5. The van der Waals surface area contributed by atoms with E-state index in [0.29, 0.717) is 6.54 Å². The number of fused-ring (bicyclic) bond motifs is 1. The monoisotopic (exact) mass is 283 g/mol. The maximum Gasteiger partial charge on any atom is 0.213 e. The van der Waals surface area contributed by atoms with E-state index in [1.54, 1.807) is 0 Å². The van der Waals surface area contributed by atoms with Crippen molar-refractivity contribution in [1.29, 1.82) is 0 Å². The Labute approximate surface area is 112 Å². The van der Waals surface area contributed by atoms with Crippen molar-refractivity contribution in [3.8, 4) is 0 Å². The van der Waals surface area contributed by atoms with Gasteiger partial charge in [0.15, 0.2) is 0 Å². The number of benzene rings is 2. The minimum absolute atomic E-state index is 0.0562. The van der Waals surface area contributed by atoms with Crippen LogP contribution in [0.5, 0.6) is 0 Å². The normalized spacial score (nSPS) is 11.8. The van der Waals surface area contributed by atoms with Gasteiger partial charge in [-0.25, -0.2) is 13.1 Å². The Kier molecular flexibility index (Phi) is 4.22. The van der Waals surface area contributed by atoms with Crippen LogP contribution in [0.2, 0.25) is 0 Å². The fourth-order valence-corrected chi connectivity index (χ4v) is 3.14.